The predicted octanol–water partition coefficient (Wildman–Crippen LogP) is 0.607. The number of rotatable bonds is 11. The van der Waals surface area contributed by atoms with Crippen LogP contribution in [0.2, 0.25) is 0 Å². The van der Waals surface area contributed by atoms with E-state index in [1.165, 1.54) is 0 Å². The molecular formula is C13H20O6. The maximum atomic E-state index is 10.7. The lowest BCUT2D eigenvalue weighted by Gasteiger charge is -2.17. The fourth-order valence-corrected chi connectivity index (χ4v) is 1.56. The summed E-state index contributed by atoms with van der Waals surface area (Å²) in [7, 11) is 0. The van der Waals surface area contributed by atoms with Gasteiger partial charge < -0.3 is 24.1 Å². The Morgan fingerprint density at radius 1 is 1.32 bits per heavy atom. The van der Waals surface area contributed by atoms with Gasteiger partial charge in [0.2, 0.25) is 0 Å². The molecule has 0 aromatic carbocycles. The quantitative estimate of drug-likeness (QED) is 0.438. The zero-order valence-corrected chi connectivity index (χ0v) is 10.9. The van der Waals surface area contributed by atoms with Crippen LogP contribution < -0.4 is 0 Å². The summed E-state index contributed by atoms with van der Waals surface area (Å²) in [5.74, 6) is -0.962. The van der Waals surface area contributed by atoms with Crippen LogP contribution >= 0.6 is 0 Å². The van der Waals surface area contributed by atoms with Gasteiger partial charge in [-0.25, -0.2) is 4.79 Å². The average molecular weight is 272 g/mol. The molecule has 19 heavy (non-hydrogen) atoms. The van der Waals surface area contributed by atoms with Crippen LogP contribution in [0.5, 0.6) is 0 Å². The second-order valence-electron chi connectivity index (χ2n) is 4.85. The lowest BCUT2D eigenvalue weighted by atomic mass is 10.1. The van der Waals surface area contributed by atoms with Gasteiger partial charge in [-0.2, -0.15) is 0 Å². The van der Waals surface area contributed by atoms with Crippen molar-refractivity contribution >= 4 is 5.97 Å². The zero-order chi connectivity index (χ0) is 13.7. The van der Waals surface area contributed by atoms with Crippen molar-refractivity contribution in [2.24, 2.45) is 0 Å². The molecule has 2 aliphatic heterocycles. The van der Waals surface area contributed by atoms with E-state index in [1.807, 2.05) is 0 Å². The van der Waals surface area contributed by atoms with Crippen molar-refractivity contribution in [3.8, 4) is 0 Å². The molecule has 0 aromatic heterocycles. The topological polar surface area (TPSA) is 80.8 Å². The summed E-state index contributed by atoms with van der Waals surface area (Å²) in [6, 6.07) is 0. The molecular weight excluding hydrogens is 252 g/mol. The second kappa shape index (κ2) is 7.00. The van der Waals surface area contributed by atoms with E-state index in [0.29, 0.717) is 32.7 Å². The summed E-state index contributed by atoms with van der Waals surface area (Å²) < 4.78 is 21.3. The maximum absolute atomic E-state index is 10.7. The van der Waals surface area contributed by atoms with Gasteiger partial charge in [0, 0.05) is 5.57 Å². The minimum Gasteiger partial charge on any atom is -0.478 e. The van der Waals surface area contributed by atoms with Crippen molar-refractivity contribution in [1.29, 1.82) is 0 Å². The molecule has 2 heterocycles. The maximum Gasteiger partial charge on any atom is 0.330 e. The van der Waals surface area contributed by atoms with Gasteiger partial charge in [0.25, 0.3) is 0 Å². The number of hydrogen-bond donors (Lipinski definition) is 1. The Kier molecular flexibility index (Phi) is 5.33. The Labute approximate surface area is 112 Å². The Hall–Kier alpha value is -0.950. The van der Waals surface area contributed by atoms with Crippen LogP contribution in [0.25, 0.3) is 0 Å². The van der Waals surface area contributed by atoms with Crippen molar-refractivity contribution in [3.63, 3.8) is 0 Å². The van der Waals surface area contributed by atoms with Gasteiger partial charge in [0.05, 0.1) is 39.1 Å². The van der Waals surface area contributed by atoms with E-state index in [-0.39, 0.29) is 23.9 Å². The molecule has 3 atom stereocenters. The summed E-state index contributed by atoms with van der Waals surface area (Å²) in [5, 5.41) is 8.77. The van der Waals surface area contributed by atoms with Crippen LogP contribution in [0.4, 0.5) is 0 Å². The van der Waals surface area contributed by atoms with Crippen LogP contribution in [0.3, 0.4) is 0 Å². The number of epoxide rings is 2. The zero-order valence-electron chi connectivity index (χ0n) is 10.9. The summed E-state index contributed by atoms with van der Waals surface area (Å²) >= 11 is 0. The largest absolute Gasteiger partial charge is 0.478 e. The van der Waals surface area contributed by atoms with Gasteiger partial charge in [0.15, 0.2) is 0 Å². The Morgan fingerprint density at radius 3 is 2.53 bits per heavy atom. The summed E-state index contributed by atoms with van der Waals surface area (Å²) in [6.07, 6.45) is 1.27. The Morgan fingerprint density at radius 2 is 1.95 bits per heavy atom. The highest BCUT2D eigenvalue weighted by Gasteiger charge is 2.26. The molecule has 2 fully saturated rings. The van der Waals surface area contributed by atoms with Crippen LogP contribution in [-0.2, 0) is 23.7 Å². The normalized spacial score (nSPS) is 25.9. The molecule has 0 saturated carbocycles. The van der Waals surface area contributed by atoms with E-state index in [1.54, 1.807) is 0 Å². The first-order valence-corrected chi connectivity index (χ1v) is 6.48. The van der Waals surface area contributed by atoms with E-state index < -0.39 is 5.97 Å². The Balaban J connectivity index is 1.64. The van der Waals surface area contributed by atoms with E-state index in [2.05, 4.69) is 6.58 Å². The van der Waals surface area contributed by atoms with Gasteiger partial charge in [0.1, 0.15) is 12.2 Å². The third-order valence-corrected chi connectivity index (χ3v) is 3.00. The first-order chi connectivity index (χ1) is 9.15. The molecule has 0 amide bonds. The molecule has 2 rings (SSSR count). The Bertz CT molecular complexity index is 321. The molecule has 0 aromatic rings. The van der Waals surface area contributed by atoms with Crippen LogP contribution in [0.1, 0.15) is 12.8 Å². The van der Waals surface area contributed by atoms with Crippen molar-refractivity contribution in [2.45, 2.75) is 31.2 Å². The summed E-state index contributed by atoms with van der Waals surface area (Å²) in [5.41, 5.74) is 0.196. The molecule has 6 heteroatoms. The minimum absolute atomic E-state index is 0.126. The van der Waals surface area contributed by atoms with Crippen molar-refractivity contribution in [3.05, 3.63) is 12.2 Å². The molecule has 1 N–H and O–H groups in total. The lowest BCUT2D eigenvalue weighted by molar-refractivity contribution is -0.132. The number of carboxylic acid groups (broad SMARTS) is 1. The van der Waals surface area contributed by atoms with Gasteiger partial charge in [-0.3, -0.25) is 0 Å². The molecule has 108 valence electrons. The predicted molar refractivity (Wildman–Crippen MR) is 66.0 cm³/mol. The van der Waals surface area contributed by atoms with Gasteiger partial charge in [-0.1, -0.05) is 6.58 Å². The first-order valence-electron chi connectivity index (χ1n) is 6.48. The van der Waals surface area contributed by atoms with Crippen LogP contribution in [0, 0.1) is 0 Å². The van der Waals surface area contributed by atoms with E-state index in [9.17, 15) is 4.79 Å². The van der Waals surface area contributed by atoms with E-state index in [0.717, 1.165) is 13.2 Å². The monoisotopic (exact) mass is 272 g/mol. The van der Waals surface area contributed by atoms with Crippen molar-refractivity contribution < 1.29 is 28.8 Å². The van der Waals surface area contributed by atoms with Crippen LogP contribution in [-0.4, -0.2) is 62.4 Å². The number of carbonyl (C=O) groups is 1. The SMILES string of the molecule is C=C(CCC(COCC1CO1)OCC1CO1)C(=O)O. The van der Waals surface area contributed by atoms with Crippen molar-refractivity contribution in [1.82, 2.24) is 0 Å². The lowest BCUT2D eigenvalue weighted by Crippen LogP contribution is -2.24. The molecule has 2 saturated heterocycles. The number of aliphatic carboxylic acids is 1. The number of hydrogen-bond acceptors (Lipinski definition) is 5. The molecule has 0 spiro atoms. The van der Waals surface area contributed by atoms with Gasteiger partial charge in [-0.15, -0.1) is 0 Å². The average Bonchev–Trinajstić information content (AvgIpc) is 3.25. The standard InChI is InChI=1S/C13H20O6/c1-9(13(14)15)2-3-10(17-7-12-8-19-12)4-16-5-11-6-18-11/h10-12H,1-8H2,(H,14,15). The molecule has 3 unspecified atom stereocenters. The summed E-state index contributed by atoms with van der Waals surface area (Å²) in [4.78, 5) is 10.7. The highest BCUT2D eigenvalue weighted by atomic mass is 16.6. The van der Waals surface area contributed by atoms with Crippen LogP contribution in [0.15, 0.2) is 12.2 Å². The third kappa shape index (κ3) is 6.15. The number of carboxylic acids is 1. The smallest absolute Gasteiger partial charge is 0.330 e. The number of ether oxygens (including phenoxy) is 4. The van der Waals surface area contributed by atoms with Gasteiger partial charge >= 0.3 is 5.97 Å². The third-order valence-electron chi connectivity index (χ3n) is 3.00. The second-order valence-corrected chi connectivity index (χ2v) is 4.85. The minimum atomic E-state index is -0.962. The molecule has 0 bridgehead atoms. The fourth-order valence-electron chi connectivity index (χ4n) is 1.56. The molecule has 2 aliphatic rings. The van der Waals surface area contributed by atoms with E-state index in [4.69, 9.17) is 24.1 Å². The van der Waals surface area contributed by atoms with Gasteiger partial charge in [-0.05, 0) is 12.8 Å². The highest BCUT2D eigenvalue weighted by molar-refractivity contribution is 5.85. The summed E-state index contributed by atoms with van der Waals surface area (Å²) in [6.45, 7) is 6.56. The first kappa shape index (κ1) is 14.5. The molecule has 0 aliphatic carbocycles. The molecule has 0 radical (unpaired) electrons. The fraction of sp³-hybridized carbons (Fsp3) is 0.769. The molecule has 6 nitrogen and oxygen atoms in total. The highest BCUT2D eigenvalue weighted by Crippen LogP contribution is 2.15. The van der Waals surface area contributed by atoms with E-state index >= 15 is 0 Å². The van der Waals surface area contributed by atoms with Crippen molar-refractivity contribution in [2.75, 3.05) is 33.0 Å².